The molecule has 0 saturated heterocycles. The number of carbonyl (C=O) groups is 1. The Hall–Kier alpha value is -4.86. The van der Waals surface area contributed by atoms with Gasteiger partial charge < -0.3 is 34.3 Å². The zero-order valence-corrected chi connectivity index (χ0v) is 25.5. The number of fused-ring (bicyclic) bond motifs is 5. The molecule has 7 rings (SSSR count). The van der Waals surface area contributed by atoms with Gasteiger partial charge in [-0.15, -0.1) is 0 Å². The van der Waals surface area contributed by atoms with E-state index in [1.807, 2.05) is 10.6 Å². The van der Waals surface area contributed by atoms with Crippen LogP contribution in [0.25, 0.3) is 5.57 Å². The number of nitrogens with zero attached hydrogens (tertiary/aromatic N) is 5. The third-order valence-corrected chi connectivity index (χ3v) is 8.94. The van der Waals surface area contributed by atoms with Crippen LogP contribution in [0.3, 0.4) is 0 Å². The van der Waals surface area contributed by atoms with Crippen LogP contribution in [0.4, 0.5) is 5.95 Å². The number of esters is 1. The maximum Gasteiger partial charge on any atom is 0.374 e. The van der Waals surface area contributed by atoms with Crippen molar-refractivity contribution in [2.75, 3.05) is 20.4 Å². The fourth-order valence-corrected chi connectivity index (χ4v) is 6.94. The van der Waals surface area contributed by atoms with Crippen LogP contribution in [0.15, 0.2) is 45.3 Å². The Kier molecular flexibility index (Phi) is 7.25. The van der Waals surface area contributed by atoms with E-state index in [0.717, 1.165) is 18.4 Å². The molecule has 5 heterocycles. The number of guanidine groups is 1. The van der Waals surface area contributed by atoms with Crippen molar-refractivity contribution in [3.63, 3.8) is 0 Å². The minimum Gasteiger partial charge on any atom is -0.857 e. The van der Waals surface area contributed by atoms with Crippen molar-refractivity contribution < 1.29 is 44.0 Å². The van der Waals surface area contributed by atoms with Crippen molar-refractivity contribution in [1.82, 2.24) is 9.55 Å². The predicted octanol–water partition coefficient (Wildman–Crippen LogP) is 0.121. The number of imidazole rings is 1. The summed E-state index contributed by atoms with van der Waals surface area (Å²) in [7, 11) is 1.54. The van der Waals surface area contributed by atoms with E-state index < -0.39 is 30.2 Å². The second-order valence-corrected chi connectivity index (χ2v) is 11.7. The van der Waals surface area contributed by atoms with E-state index in [1.165, 1.54) is 0 Å². The maximum atomic E-state index is 13.0. The van der Waals surface area contributed by atoms with E-state index >= 15 is 0 Å². The van der Waals surface area contributed by atoms with Crippen LogP contribution in [-0.2, 0) is 22.7 Å². The molecule has 1 aromatic heterocycles. The Bertz CT molecular complexity index is 1820. The van der Waals surface area contributed by atoms with Gasteiger partial charge >= 0.3 is 11.9 Å². The lowest BCUT2D eigenvalue weighted by Crippen LogP contribution is -3.10. The van der Waals surface area contributed by atoms with Crippen LogP contribution in [0.5, 0.6) is 17.2 Å². The van der Waals surface area contributed by atoms with Gasteiger partial charge in [-0.05, 0) is 44.8 Å². The normalized spacial score (nSPS) is 26.8. The van der Waals surface area contributed by atoms with Gasteiger partial charge in [0.2, 0.25) is 11.7 Å². The predicted molar refractivity (Wildman–Crippen MR) is 162 cm³/mol. The number of aliphatic imine (C=N–C) groups is 3. The molecule has 2 aromatic rings. The zero-order chi connectivity index (χ0) is 32.3. The minimum absolute atomic E-state index is 0.0777. The number of hydrogen-bond donors (Lipinski definition) is 4. The van der Waals surface area contributed by atoms with Crippen molar-refractivity contribution in [3.8, 4) is 17.2 Å². The topological polar surface area (TPSA) is 201 Å². The molecule has 0 amide bonds. The largest absolute Gasteiger partial charge is 0.857 e. The Morgan fingerprint density at radius 3 is 2.93 bits per heavy atom. The molecule has 0 radical (unpaired) electrons. The Labute approximate surface area is 263 Å². The van der Waals surface area contributed by atoms with Crippen LogP contribution in [0, 0.1) is 5.41 Å². The van der Waals surface area contributed by atoms with E-state index in [0.29, 0.717) is 45.5 Å². The summed E-state index contributed by atoms with van der Waals surface area (Å²) in [5.41, 5.74) is 1.22. The number of aromatic nitrogens is 2. The number of carbonyl (C=O) groups excluding carboxylic acids is 1. The quantitative estimate of drug-likeness (QED) is 0.306. The van der Waals surface area contributed by atoms with E-state index in [4.69, 9.17) is 24.4 Å². The van der Waals surface area contributed by atoms with Gasteiger partial charge in [0.1, 0.15) is 23.4 Å². The number of rotatable bonds is 7. The summed E-state index contributed by atoms with van der Waals surface area (Å²) in [5.74, 6) is -0.0594. The highest BCUT2D eigenvalue weighted by Crippen LogP contribution is 2.59. The molecule has 15 nitrogen and oxygen atoms in total. The molecule has 4 atom stereocenters. The number of aliphatic hydroxyl groups excluding tert-OH is 1. The van der Waals surface area contributed by atoms with Crippen molar-refractivity contribution in [2.24, 2.45) is 15.0 Å². The Morgan fingerprint density at radius 2 is 2.17 bits per heavy atom. The van der Waals surface area contributed by atoms with Crippen LogP contribution in [0.1, 0.15) is 55.7 Å². The first-order chi connectivity index (χ1) is 22.2. The number of allylic oxidation sites excluding steroid dienone is 3. The van der Waals surface area contributed by atoms with Crippen molar-refractivity contribution >= 4 is 40.9 Å². The highest BCUT2D eigenvalue weighted by Gasteiger charge is 2.52. The highest BCUT2D eigenvalue weighted by atomic mass is 16.6. The monoisotopic (exact) mass is 631 g/mol. The highest BCUT2D eigenvalue weighted by molar-refractivity contribution is 6.66. The number of methoxy groups -OCH3 is 1. The van der Waals surface area contributed by atoms with Crippen molar-refractivity contribution in [3.05, 3.63) is 47.0 Å². The SMILES string of the molecule is CCOC(=O)C1=CC(=CCn2ccnc2[NH+]2CN=C3C([O-])=NC(=N)N=C32)c2c(c(CO)c3c(c2OC)C2CCCC(C)(O)C2O3)O1. The molecule has 4 aliphatic heterocycles. The third-order valence-electron chi connectivity index (χ3n) is 8.94. The van der Waals surface area contributed by atoms with E-state index in [-0.39, 0.29) is 54.8 Å². The summed E-state index contributed by atoms with van der Waals surface area (Å²) in [6, 6.07) is 0. The second-order valence-electron chi connectivity index (χ2n) is 11.7. The molecule has 0 bridgehead atoms. The van der Waals surface area contributed by atoms with Crippen LogP contribution in [-0.4, -0.2) is 81.2 Å². The average molecular weight is 632 g/mol. The fourth-order valence-electron chi connectivity index (χ4n) is 6.94. The standard InChI is InChI=1S/C31H33N7O8/c1-4-44-28(41)18-12-15(7-10-37-11-9-33-30(37)38-14-34-21-26(38)35-29(32)36-27(21)40)19-22(45-18)17(13-39)23-20(24(19)43-3)16-6-5-8-31(2,42)25(16)46-23/h7,9,11-12,16,25,39,42H,4-6,8,10,13-14H2,1-3H3,(H2,32,36,40). The molecule has 1 saturated carbocycles. The van der Waals surface area contributed by atoms with Gasteiger partial charge in [-0.1, -0.05) is 6.08 Å². The number of ether oxygens (including phenoxy) is 4. The number of hydrogen-bond acceptors (Lipinski definition) is 11. The maximum absolute atomic E-state index is 13.0. The van der Waals surface area contributed by atoms with Crippen LogP contribution in [0.2, 0.25) is 0 Å². The molecule has 1 aromatic carbocycles. The number of quaternary nitrogens is 1. The van der Waals surface area contributed by atoms with Crippen molar-refractivity contribution in [1.29, 1.82) is 5.41 Å². The smallest absolute Gasteiger partial charge is 0.374 e. The van der Waals surface area contributed by atoms with Gasteiger partial charge in [-0.25, -0.2) is 19.7 Å². The Balaban J connectivity index is 1.33. The molecular weight excluding hydrogens is 598 g/mol. The van der Waals surface area contributed by atoms with Gasteiger partial charge in [0, 0.05) is 30.1 Å². The number of amidine groups is 1. The molecule has 4 N–H and O–H groups in total. The van der Waals surface area contributed by atoms with Gasteiger partial charge in [-0.2, -0.15) is 9.98 Å². The van der Waals surface area contributed by atoms with Crippen molar-refractivity contribution in [2.45, 2.75) is 63.9 Å². The molecule has 1 fully saturated rings. The first kappa shape index (κ1) is 29.8. The summed E-state index contributed by atoms with van der Waals surface area (Å²) in [5, 5.41) is 42.0. The van der Waals surface area contributed by atoms with Gasteiger partial charge in [-0.3, -0.25) is 9.98 Å². The van der Waals surface area contributed by atoms with Crippen LogP contribution < -0.4 is 24.2 Å². The molecule has 0 spiro atoms. The van der Waals surface area contributed by atoms with E-state index in [9.17, 15) is 20.1 Å². The Morgan fingerprint density at radius 1 is 1.35 bits per heavy atom. The summed E-state index contributed by atoms with van der Waals surface area (Å²) < 4.78 is 25.7. The average Bonchev–Trinajstić information content (AvgIpc) is 3.76. The fraction of sp³-hybridized carbons (Fsp3) is 0.419. The summed E-state index contributed by atoms with van der Waals surface area (Å²) >= 11 is 0. The minimum atomic E-state index is -1.09. The first-order valence-electron chi connectivity index (χ1n) is 15.1. The summed E-state index contributed by atoms with van der Waals surface area (Å²) in [4.78, 5) is 30.1. The second kappa shape index (κ2) is 11.2. The molecular formula is C31H33N7O8. The molecule has 240 valence electrons. The lowest BCUT2D eigenvalue weighted by molar-refractivity contribution is -0.730. The lowest BCUT2D eigenvalue weighted by atomic mass is 9.74. The van der Waals surface area contributed by atoms with Gasteiger partial charge in [0.25, 0.3) is 5.84 Å². The molecule has 15 heteroatoms. The molecule has 5 aliphatic rings. The number of nitrogens with one attached hydrogen (secondary N) is 2. The summed E-state index contributed by atoms with van der Waals surface area (Å²) in [6.07, 6.45) is 8.40. The first-order valence-corrected chi connectivity index (χ1v) is 15.1. The molecule has 1 aliphatic carbocycles. The van der Waals surface area contributed by atoms with Gasteiger partial charge in [0.05, 0.1) is 43.2 Å². The summed E-state index contributed by atoms with van der Waals surface area (Å²) in [6.45, 7) is 3.54. The zero-order valence-electron chi connectivity index (χ0n) is 25.5. The number of benzene rings is 1. The van der Waals surface area contributed by atoms with Gasteiger partial charge in [0.15, 0.2) is 12.4 Å². The molecule has 4 unspecified atom stereocenters. The van der Waals surface area contributed by atoms with Crippen LogP contribution >= 0.6 is 0 Å². The number of aliphatic hydroxyl groups is 2. The van der Waals surface area contributed by atoms with E-state index in [2.05, 4.69) is 20.0 Å². The third kappa shape index (κ3) is 4.61. The lowest BCUT2D eigenvalue weighted by Gasteiger charge is -2.37. The van der Waals surface area contributed by atoms with E-state index in [1.54, 1.807) is 39.4 Å². The molecule has 46 heavy (non-hydrogen) atoms.